The molecule has 2 amide bonds. The van der Waals surface area contributed by atoms with Crippen LogP contribution in [-0.2, 0) is 16.6 Å². The lowest BCUT2D eigenvalue weighted by Crippen LogP contribution is -2.53. The number of likely N-dealkylation sites (tertiary alicyclic amines) is 1. The Kier molecular flexibility index (Phi) is 6.84. The molecule has 1 atom stereocenters. The second kappa shape index (κ2) is 9.32. The van der Waals surface area contributed by atoms with Crippen molar-refractivity contribution in [3.63, 3.8) is 0 Å². The lowest BCUT2D eigenvalue weighted by molar-refractivity contribution is -0.136. The Morgan fingerprint density at radius 3 is 2.26 bits per heavy atom. The molecule has 2 aliphatic rings. The van der Waals surface area contributed by atoms with Gasteiger partial charge in [-0.15, -0.1) is 0 Å². The predicted octanol–water partition coefficient (Wildman–Crippen LogP) is 0.227. The van der Waals surface area contributed by atoms with E-state index in [1.807, 2.05) is 23.0 Å². The van der Waals surface area contributed by atoms with Gasteiger partial charge in [0.1, 0.15) is 6.04 Å². The molecule has 0 aliphatic carbocycles. The molecule has 0 bridgehead atoms. The van der Waals surface area contributed by atoms with Gasteiger partial charge in [0.25, 0.3) is 0 Å². The van der Waals surface area contributed by atoms with Crippen LogP contribution in [0, 0.1) is 0 Å². The maximum absolute atomic E-state index is 12.9. The second-order valence-electron chi connectivity index (χ2n) is 7.57. The van der Waals surface area contributed by atoms with Crippen LogP contribution in [0.4, 0.5) is 0 Å². The first-order valence-electron chi connectivity index (χ1n) is 10.0. The van der Waals surface area contributed by atoms with Crippen LogP contribution in [0.15, 0.2) is 12.4 Å². The van der Waals surface area contributed by atoms with Crippen molar-refractivity contribution in [1.82, 2.24) is 29.8 Å². The number of carbonyl (C=O) groups excluding carboxylic acids is 2. The summed E-state index contributed by atoms with van der Waals surface area (Å²) in [6, 6.07) is -0.371. The van der Waals surface area contributed by atoms with Crippen LogP contribution >= 0.6 is 0 Å². The Morgan fingerprint density at radius 2 is 1.70 bits per heavy atom. The van der Waals surface area contributed by atoms with E-state index < -0.39 is 0 Å². The minimum absolute atomic E-state index is 0.0731. The smallest absolute Gasteiger partial charge is 0.244 e. The number of nitrogens with one attached hydrogen (secondary N) is 1. The van der Waals surface area contributed by atoms with Crippen LogP contribution in [0.2, 0.25) is 0 Å². The molecule has 3 rings (SSSR count). The molecule has 0 aromatic carbocycles. The Hall–Kier alpha value is -1.93. The van der Waals surface area contributed by atoms with Crippen LogP contribution in [0.5, 0.6) is 0 Å². The lowest BCUT2D eigenvalue weighted by Gasteiger charge is -2.36. The van der Waals surface area contributed by atoms with Gasteiger partial charge in [-0.2, -0.15) is 5.10 Å². The van der Waals surface area contributed by atoms with Crippen LogP contribution in [-0.4, -0.2) is 89.2 Å². The third-order valence-corrected chi connectivity index (χ3v) is 5.60. The molecule has 0 saturated carbocycles. The number of aryl methyl sites for hydroxylation is 1. The molecule has 1 aromatic heterocycles. The lowest BCUT2D eigenvalue weighted by atomic mass is 10.1. The number of rotatable bonds is 5. The fraction of sp³-hybridized carbons (Fsp3) is 0.737. The predicted molar refractivity (Wildman–Crippen MR) is 103 cm³/mol. The van der Waals surface area contributed by atoms with Crippen molar-refractivity contribution in [3.8, 4) is 0 Å². The van der Waals surface area contributed by atoms with Crippen LogP contribution in [0.25, 0.3) is 0 Å². The quantitative estimate of drug-likeness (QED) is 0.796. The molecule has 0 radical (unpaired) electrons. The van der Waals surface area contributed by atoms with Crippen LogP contribution < -0.4 is 5.32 Å². The van der Waals surface area contributed by atoms with Crippen molar-refractivity contribution < 1.29 is 9.59 Å². The van der Waals surface area contributed by atoms with E-state index in [4.69, 9.17) is 0 Å². The van der Waals surface area contributed by atoms with Gasteiger partial charge in [-0.3, -0.25) is 19.2 Å². The van der Waals surface area contributed by atoms with Gasteiger partial charge in [0.05, 0.1) is 12.7 Å². The molecule has 8 heteroatoms. The van der Waals surface area contributed by atoms with E-state index in [2.05, 4.69) is 15.3 Å². The molecule has 1 N–H and O–H groups in total. The fourth-order valence-electron chi connectivity index (χ4n) is 3.94. The summed E-state index contributed by atoms with van der Waals surface area (Å²) < 4.78 is 1.71. The summed E-state index contributed by atoms with van der Waals surface area (Å²) in [5.74, 6) is 0.309. The van der Waals surface area contributed by atoms with Crippen molar-refractivity contribution in [3.05, 3.63) is 18.0 Å². The normalized spacial score (nSPS) is 20.4. The van der Waals surface area contributed by atoms with Crippen molar-refractivity contribution in [2.45, 2.75) is 31.7 Å². The molecule has 1 unspecified atom stereocenters. The Bertz CT molecular complexity index is 630. The molecule has 2 saturated heterocycles. The molecule has 8 nitrogen and oxygen atoms in total. The average Bonchev–Trinajstić information content (AvgIpc) is 2.93. The summed E-state index contributed by atoms with van der Waals surface area (Å²) in [5.41, 5.74) is 0.878. The Labute approximate surface area is 161 Å². The van der Waals surface area contributed by atoms with Gasteiger partial charge in [0.15, 0.2) is 0 Å². The monoisotopic (exact) mass is 376 g/mol. The molecule has 2 fully saturated rings. The number of hydrogen-bond donors (Lipinski definition) is 1. The van der Waals surface area contributed by atoms with Gasteiger partial charge in [-0.25, -0.2) is 0 Å². The Morgan fingerprint density at radius 1 is 1.04 bits per heavy atom. The van der Waals surface area contributed by atoms with Crippen molar-refractivity contribution in [2.24, 2.45) is 7.05 Å². The number of likely N-dealkylation sites (N-methyl/N-ethyl adjacent to an activating group) is 1. The van der Waals surface area contributed by atoms with Crippen molar-refractivity contribution in [2.75, 3.05) is 52.9 Å². The summed E-state index contributed by atoms with van der Waals surface area (Å²) in [4.78, 5) is 31.5. The van der Waals surface area contributed by atoms with E-state index in [0.717, 1.165) is 44.6 Å². The number of aromatic nitrogens is 2. The van der Waals surface area contributed by atoms with Gasteiger partial charge in [-0.05, 0) is 19.9 Å². The fourth-order valence-corrected chi connectivity index (χ4v) is 3.94. The number of hydrogen-bond acceptors (Lipinski definition) is 5. The van der Waals surface area contributed by atoms with Crippen molar-refractivity contribution in [1.29, 1.82) is 0 Å². The van der Waals surface area contributed by atoms with Crippen LogP contribution in [0.1, 0.15) is 37.3 Å². The van der Waals surface area contributed by atoms with Crippen molar-refractivity contribution >= 4 is 11.8 Å². The number of piperazine rings is 1. The maximum atomic E-state index is 12.9. The van der Waals surface area contributed by atoms with Gasteiger partial charge in [-0.1, -0.05) is 12.8 Å². The molecular formula is C19H32N6O2. The highest BCUT2D eigenvalue weighted by molar-refractivity contribution is 5.83. The standard InChI is InChI=1S/C19H32N6O2/c1-20-18(16-13-21-22(2)14-16)19(27)25-11-9-23(10-12-25)15-17(26)24-7-5-3-4-6-8-24/h13-14,18,20H,3-12,15H2,1-2H3. The highest BCUT2D eigenvalue weighted by Crippen LogP contribution is 2.16. The molecule has 150 valence electrons. The minimum atomic E-state index is -0.371. The molecule has 2 aliphatic heterocycles. The molecule has 1 aromatic rings. The first-order valence-corrected chi connectivity index (χ1v) is 10.0. The zero-order valence-corrected chi connectivity index (χ0v) is 16.6. The van der Waals surface area contributed by atoms with E-state index in [0.29, 0.717) is 19.6 Å². The van der Waals surface area contributed by atoms with E-state index in [1.54, 1.807) is 17.9 Å². The Balaban J connectivity index is 1.49. The largest absolute Gasteiger partial charge is 0.342 e. The van der Waals surface area contributed by atoms with Crippen LogP contribution in [0.3, 0.4) is 0 Å². The van der Waals surface area contributed by atoms with E-state index in [9.17, 15) is 9.59 Å². The molecule has 27 heavy (non-hydrogen) atoms. The third-order valence-electron chi connectivity index (χ3n) is 5.60. The number of nitrogens with zero attached hydrogens (tertiary/aromatic N) is 5. The maximum Gasteiger partial charge on any atom is 0.244 e. The second-order valence-corrected chi connectivity index (χ2v) is 7.57. The van der Waals surface area contributed by atoms with Gasteiger partial charge >= 0.3 is 0 Å². The highest BCUT2D eigenvalue weighted by Gasteiger charge is 2.29. The first kappa shape index (κ1) is 19.8. The summed E-state index contributed by atoms with van der Waals surface area (Å²) in [5, 5.41) is 7.27. The van der Waals surface area contributed by atoms with E-state index >= 15 is 0 Å². The summed E-state index contributed by atoms with van der Waals surface area (Å²) in [6.45, 7) is 5.07. The summed E-state index contributed by atoms with van der Waals surface area (Å²) in [6.07, 6.45) is 8.30. The zero-order valence-electron chi connectivity index (χ0n) is 16.6. The summed E-state index contributed by atoms with van der Waals surface area (Å²) >= 11 is 0. The molecular weight excluding hydrogens is 344 g/mol. The van der Waals surface area contributed by atoms with E-state index in [-0.39, 0.29) is 17.9 Å². The topological polar surface area (TPSA) is 73.7 Å². The average molecular weight is 377 g/mol. The first-order chi connectivity index (χ1) is 13.1. The number of amides is 2. The summed E-state index contributed by atoms with van der Waals surface area (Å²) in [7, 11) is 3.65. The van der Waals surface area contributed by atoms with Gasteiger partial charge in [0.2, 0.25) is 11.8 Å². The SMILES string of the molecule is CNC(C(=O)N1CCN(CC(=O)N2CCCCCC2)CC1)c1cnn(C)c1. The molecule has 0 spiro atoms. The third kappa shape index (κ3) is 5.07. The van der Waals surface area contributed by atoms with Gasteiger partial charge in [0, 0.05) is 58.1 Å². The number of carbonyl (C=O) groups is 2. The van der Waals surface area contributed by atoms with E-state index in [1.165, 1.54) is 12.8 Å². The highest BCUT2D eigenvalue weighted by atomic mass is 16.2. The minimum Gasteiger partial charge on any atom is -0.342 e. The molecule has 3 heterocycles. The zero-order chi connectivity index (χ0) is 19.2. The van der Waals surface area contributed by atoms with Gasteiger partial charge < -0.3 is 15.1 Å².